The van der Waals surface area contributed by atoms with E-state index in [-0.39, 0.29) is 24.5 Å². The minimum absolute atomic E-state index is 0.0168. The van der Waals surface area contributed by atoms with Crippen LogP contribution in [-0.4, -0.2) is 29.9 Å². The average Bonchev–Trinajstić information content (AvgIpc) is 2.80. The number of phenolic OH excluding ortho intramolecular Hbond substituents is 1. The first kappa shape index (κ1) is 17.3. The zero-order valence-electron chi connectivity index (χ0n) is 13.0. The van der Waals surface area contributed by atoms with E-state index in [0.717, 1.165) is 0 Å². The van der Waals surface area contributed by atoms with Gasteiger partial charge in [0.05, 0.1) is 6.61 Å². The van der Waals surface area contributed by atoms with Crippen LogP contribution in [0, 0.1) is 0 Å². The zero-order valence-corrected chi connectivity index (χ0v) is 13.0. The Morgan fingerprint density at radius 1 is 1.08 bits per heavy atom. The van der Waals surface area contributed by atoms with Crippen molar-refractivity contribution in [2.24, 2.45) is 0 Å². The molecular formula is C18H18O6. The number of carbonyl (C=O) groups is 2. The molecular weight excluding hydrogens is 312 g/mol. The van der Waals surface area contributed by atoms with Crippen molar-refractivity contribution in [3.63, 3.8) is 0 Å². The number of hydrogen-bond acceptors (Lipinski definition) is 6. The number of aromatic hydroxyl groups is 1. The van der Waals surface area contributed by atoms with E-state index in [1.165, 1.54) is 12.1 Å². The highest BCUT2D eigenvalue weighted by Gasteiger charge is 2.11. The van der Waals surface area contributed by atoms with Crippen molar-refractivity contribution in [1.29, 1.82) is 0 Å². The number of phenols is 1. The molecule has 126 valence electrons. The van der Waals surface area contributed by atoms with Crippen LogP contribution >= 0.6 is 0 Å². The standard InChI is InChI=1S/C18H18O6/c19-14-7-5-10-16(13-14)23-17(20)11-6-12-22-18(21)24-15-8-3-1-2-4-9-15/h1-5,7-10,13,15,19H,6,11-12H2. The van der Waals surface area contributed by atoms with Crippen LogP contribution in [0.25, 0.3) is 0 Å². The van der Waals surface area contributed by atoms with E-state index in [4.69, 9.17) is 14.2 Å². The van der Waals surface area contributed by atoms with Crippen LogP contribution in [0.5, 0.6) is 11.5 Å². The molecule has 0 unspecified atom stereocenters. The second-order valence-corrected chi connectivity index (χ2v) is 4.91. The maximum Gasteiger partial charge on any atom is 0.509 e. The molecule has 0 amide bonds. The summed E-state index contributed by atoms with van der Waals surface area (Å²) in [5, 5.41) is 9.28. The summed E-state index contributed by atoms with van der Waals surface area (Å²) in [5.74, 6) is -0.192. The summed E-state index contributed by atoms with van der Waals surface area (Å²) in [5.41, 5.74) is 0. The Balaban J connectivity index is 1.61. The summed E-state index contributed by atoms with van der Waals surface area (Å²) in [6.45, 7) is 0.0480. The first-order valence-corrected chi connectivity index (χ1v) is 7.48. The van der Waals surface area contributed by atoms with Crippen molar-refractivity contribution >= 4 is 12.1 Å². The van der Waals surface area contributed by atoms with Gasteiger partial charge in [0.2, 0.25) is 0 Å². The van der Waals surface area contributed by atoms with E-state index >= 15 is 0 Å². The largest absolute Gasteiger partial charge is 0.509 e. The number of rotatable bonds is 6. The van der Waals surface area contributed by atoms with Gasteiger partial charge in [-0.1, -0.05) is 30.4 Å². The smallest absolute Gasteiger partial charge is 0.508 e. The minimum atomic E-state index is -0.794. The fraction of sp³-hybridized carbons (Fsp3) is 0.222. The predicted molar refractivity (Wildman–Crippen MR) is 86.6 cm³/mol. The van der Waals surface area contributed by atoms with Gasteiger partial charge in [0, 0.05) is 12.5 Å². The first-order chi connectivity index (χ1) is 11.6. The quantitative estimate of drug-likeness (QED) is 0.490. The van der Waals surface area contributed by atoms with Crippen LogP contribution in [0.15, 0.2) is 60.7 Å². The van der Waals surface area contributed by atoms with Crippen molar-refractivity contribution in [2.75, 3.05) is 6.61 Å². The monoisotopic (exact) mass is 330 g/mol. The van der Waals surface area contributed by atoms with Gasteiger partial charge in [-0.15, -0.1) is 0 Å². The Morgan fingerprint density at radius 2 is 1.83 bits per heavy atom. The normalized spacial score (nSPS) is 13.3. The van der Waals surface area contributed by atoms with E-state index in [2.05, 4.69) is 0 Å². The number of allylic oxidation sites excluding steroid dienone is 4. The molecule has 6 nitrogen and oxygen atoms in total. The lowest BCUT2D eigenvalue weighted by Crippen LogP contribution is -2.16. The molecule has 1 aromatic carbocycles. The third-order valence-electron chi connectivity index (χ3n) is 2.96. The molecule has 0 spiro atoms. The van der Waals surface area contributed by atoms with Crippen LogP contribution in [0.1, 0.15) is 12.8 Å². The first-order valence-electron chi connectivity index (χ1n) is 7.48. The summed E-state index contributed by atoms with van der Waals surface area (Å²) in [4.78, 5) is 23.1. The Morgan fingerprint density at radius 3 is 2.54 bits per heavy atom. The number of hydrogen-bond donors (Lipinski definition) is 1. The molecule has 1 aromatic rings. The van der Waals surface area contributed by atoms with Gasteiger partial charge >= 0.3 is 12.1 Å². The lowest BCUT2D eigenvalue weighted by atomic mass is 10.3. The van der Waals surface area contributed by atoms with Crippen molar-refractivity contribution in [1.82, 2.24) is 0 Å². The summed E-state index contributed by atoms with van der Waals surface area (Å²) in [6.07, 6.45) is 9.75. The van der Waals surface area contributed by atoms with Crippen LogP contribution in [-0.2, 0) is 14.3 Å². The molecule has 2 rings (SSSR count). The van der Waals surface area contributed by atoms with Crippen molar-refractivity contribution < 1.29 is 28.9 Å². The Hall–Kier alpha value is -3.02. The number of esters is 1. The predicted octanol–water partition coefficient (Wildman–Crippen LogP) is 3.28. The molecule has 0 bridgehead atoms. The molecule has 0 heterocycles. The zero-order chi connectivity index (χ0) is 17.2. The highest BCUT2D eigenvalue weighted by molar-refractivity contribution is 5.72. The Kier molecular flexibility index (Phi) is 6.64. The molecule has 0 atom stereocenters. The van der Waals surface area contributed by atoms with Gasteiger partial charge in [0.25, 0.3) is 0 Å². The molecule has 1 aliphatic rings. The molecule has 1 N–H and O–H groups in total. The highest BCUT2D eigenvalue weighted by Crippen LogP contribution is 2.18. The molecule has 0 radical (unpaired) electrons. The van der Waals surface area contributed by atoms with Gasteiger partial charge in [-0.2, -0.15) is 0 Å². The van der Waals surface area contributed by atoms with Gasteiger partial charge in [0.15, 0.2) is 0 Å². The van der Waals surface area contributed by atoms with E-state index < -0.39 is 18.2 Å². The molecule has 24 heavy (non-hydrogen) atoms. The van der Waals surface area contributed by atoms with Crippen molar-refractivity contribution in [3.05, 3.63) is 60.7 Å². The Labute approximate surface area is 139 Å². The molecule has 0 saturated heterocycles. The number of ether oxygens (including phenoxy) is 3. The second kappa shape index (κ2) is 9.19. The maximum atomic E-state index is 11.6. The average molecular weight is 330 g/mol. The van der Waals surface area contributed by atoms with Crippen LogP contribution in [0.2, 0.25) is 0 Å². The third kappa shape index (κ3) is 6.39. The number of benzene rings is 1. The fourth-order valence-corrected chi connectivity index (χ4v) is 1.86. The molecule has 0 aliphatic heterocycles. The van der Waals surface area contributed by atoms with Gasteiger partial charge in [-0.3, -0.25) is 4.79 Å². The van der Waals surface area contributed by atoms with Crippen LogP contribution < -0.4 is 4.74 Å². The highest BCUT2D eigenvalue weighted by atomic mass is 16.7. The lowest BCUT2D eigenvalue weighted by molar-refractivity contribution is -0.134. The lowest BCUT2D eigenvalue weighted by Gasteiger charge is -2.10. The van der Waals surface area contributed by atoms with Crippen molar-refractivity contribution in [2.45, 2.75) is 18.9 Å². The van der Waals surface area contributed by atoms with Gasteiger partial charge in [-0.25, -0.2) is 4.79 Å². The van der Waals surface area contributed by atoms with Crippen LogP contribution in [0.4, 0.5) is 4.79 Å². The molecule has 0 fully saturated rings. The van der Waals surface area contributed by atoms with Gasteiger partial charge in [0.1, 0.15) is 17.6 Å². The molecule has 0 aromatic heterocycles. The van der Waals surface area contributed by atoms with Gasteiger partial charge < -0.3 is 19.3 Å². The van der Waals surface area contributed by atoms with E-state index in [0.29, 0.717) is 6.42 Å². The summed E-state index contributed by atoms with van der Waals surface area (Å²) >= 11 is 0. The van der Waals surface area contributed by atoms with Crippen molar-refractivity contribution in [3.8, 4) is 11.5 Å². The molecule has 1 aliphatic carbocycles. The molecule has 0 saturated carbocycles. The Bertz CT molecular complexity index is 643. The SMILES string of the molecule is O=C(CCCOC(=O)OC1C=CC=CC=C1)Oc1cccc(O)c1. The van der Waals surface area contributed by atoms with Gasteiger partial charge in [-0.05, 0) is 30.7 Å². The fourth-order valence-electron chi connectivity index (χ4n) is 1.86. The maximum absolute atomic E-state index is 11.6. The topological polar surface area (TPSA) is 82.1 Å². The van der Waals surface area contributed by atoms with E-state index in [1.807, 2.05) is 12.2 Å². The third-order valence-corrected chi connectivity index (χ3v) is 2.96. The van der Waals surface area contributed by atoms with E-state index in [9.17, 15) is 14.7 Å². The van der Waals surface area contributed by atoms with Crippen LogP contribution in [0.3, 0.4) is 0 Å². The summed E-state index contributed by atoms with van der Waals surface area (Å²) in [6, 6.07) is 5.96. The minimum Gasteiger partial charge on any atom is -0.508 e. The molecule has 6 heteroatoms. The summed E-state index contributed by atoms with van der Waals surface area (Å²) < 4.78 is 15.0. The summed E-state index contributed by atoms with van der Waals surface area (Å²) in [7, 11) is 0. The number of carbonyl (C=O) groups excluding carboxylic acids is 2. The second-order valence-electron chi connectivity index (χ2n) is 4.91. The van der Waals surface area contributed by atoms with E-state index in [1.54, 1.807) is 36.4 Å².